The van der Waals surface area contributed by atoms with Crippen molar-refractivity contribution in [2.24, 2.45) is 5.92 Å². The molecule has 2 unspecified atom stereocenters. The van der Waals surface area contributed by atoms with Gasteiger partial charge < -0.3 is 0 Å². The van der Waals surface area contributed by atoms with E-state index < -0.39 is 0 Å². The van der Waals surface area contributed by atoms with Gasteiger partial charge in [0.05, 0.1) is 11.6 Å². The number of carbonyl (C=O) groups is 1. The van der Waals surface area contributed by atoms with Gasteiger partial charge >= 0.3 is 0 Å². The average molecular weight is 351 g/mol. The van der Waals surface area contributed by atoms with Crippen molar-refractivity contribution in [1.82, 2.24) is 0 Å². The first-order valence-electron chi connectivity index (χ1n) is 9.40. The summed E-state index contributed by atoms with van der Waals surface area (Å²) in [6.07, 6.45) is 5.38. The predicted molar refractivity (Wildman–Crippen MR) is 108 cm³/mol. The number of fused-ring (bicyclic) bond motifs is 1. The van der Waals surface area contributed by atoms with Gasteiger partial charge in [-0.3, -0.25) is 4.79 Å². The summed E-state index contributed by atoms with van der Waals surface area (Å²) in [5.41, 5.74) is 3.09. The van der Waals surface area contributed by atoms with E-state index in [-0.39, 0.29) is 5.78 Å². The molecule has 0 heterocycles. The van der Waals surface area contributed by atoms with Gasteiger partial charge in [-0.25, -0.2) is 0 Å². The lowest BCUT2D eigenvalue weighted by atomic mass is 9.85. The van der Waals surface area contributed by atoms with E-state index in [9.17, 15) is 4.79 Å². The predicted octanol–water partition coefficient (Wildman–Crippen LogP) is 5.86. The Hall–Kier alpha value is -2.92. The fourth-order valence-electron chi connectivity index (χ4n) is 4.09. The van der Waals surface area contributed by atoms with E-state index >= 15 is 0 Å². The molecule has 132 valence electrons. The summed E-state index contributed by atoms with van der Waals surface area (Å²) >= 11 is 0. The summed E-state index contributed by atoms with van der Waals surface area (Å²) in [5, 5.41) is 11.1. The molecule has 1 saturated carbocycles. The molecule has 0 aromatic heterocycles. The zero-order chi connectivity index (χ0) is 18.8. The number of hydrogen-bond acceptors (Lipinski definition) is 2. The molecule has 0 bridgehead atoms. The van der Waals surface area contributed by atoms with Gasteiger partial charge in [-0.15, -0.1) is 0 Å². The van der Waals surface area contributed by atoms with Crippen molar-refractivity contribution >= 4 is 16.6 Å². The van der Waals surface area contributed by atoms with E-state index in [1.807, 2.05) is 24.3 Å². The molecule has 27 heavy (non-hydrogen) atoms. The van der Waals surface area contributed by atoms with Crippen LogP contribution in [0, 0.1) is 30.6 Å². The Morgan fingerprint density at radius 1 is 1.07 bits per heavy atom. The third-order valence-electron chi connectivity index (χ3n) is 5.61. The second kappa shape index (κ2) is 7.37. The lowest BCUT2D eigenvalue weighted by molar-refractivity contribution is 0.103. The van der Waals surface area contributed by atoms with Crippen LogP contribution in [0.1, 0.15) is 52.2 Å². The second-order valence-corrected chi connectivity index (χ2v) is 7.24. The van der Waals surface area contributed by atoms with Gasteiger partial charge in [0.15, 0.2) is 5.78 Å². The van der Waals surface area contributed by atoms with Gasteiger partial charge in [0.25, 0.3) is 0 Å². The summed E-state index contributed by atoms with van der Waals surface area (Å²) in [5.74, 6) is 0.913. The van der Waals surface area contributed by atoms with E-state index in [0.29, 0.717) is 23.0 Å². The maximum Gasteiger partial charge on any atom is 0.193 e. The lowest BCUT2D eigenvalue weighted by Gasteiger charge is -2.18. The third-order valence-corrected chi connectivity index (χ3v) is 5.61. The van der Waals surface area contributed by atoms with E-state index in [2.05, 4.69) is 31.5 Å². The van der Waals surface area contributed by atoms with Crippen molar-refractivity contribution in [3.63, 3.8) is 0 Å². The third kappa shape index (κ3) is 3.26. The summed E-state index contributed by atoms with van der Waals surface area (Å²) in [4.78, 5) is 13.5. The Labute approximate surface area is 160 Å². The highest BCUT2D eigenvalue weighted by Crippen LogP contribution is 2.42. The van der Waals surface area contributed by atoms with Gasteiger partial charge in [-0.1, -0.05) is 49.7 Å². The van der Waals surface area contributed by atoms with Crippen LogP contribution in [0.4, 0.5) is 0 Å². The van der Waals surface area contributed by atoms with Crippen molar-refractivity contribution in [1.29, 1.82) is 5.26 Å². The maximum absolute atomic E-state index is 13.5. The summed E-state index contributed by atoms with van der Waals surface area (Å²) in [7, 11) is 0. The number of nitrogens with zero attached hydrogens (tertiary/aromatic N) is 1. The number of hydrogen-bond donors (Lipinski definition) is 0. The fourth-order valence-corrected chi connectivity index (χ4v) is 4.09. The van der Waals surface area contributed by atoms with Crippen molar-refractivity contribution in [3.8, 4) is 6.07 Å². The van der Waals surface area contributed by atoms with Gasteiger partial charge in [0, 0.05) is 11.1 Å². The van der Waals surface area contributed by atoms with Gasteiger partial charge in [-0.2, -0.15) is 5.26 Å². The quantitative estimate of drug-likeness (QED) is 0.552. The SMILES string of the molecule is [CH2]CC1C[CH]C(c2ccc3ccccc3c2C(=O)c2ccc(C#N)cc2)C1. The Balaban J connectivity index is 1.84. The van der Waals surface area contributed by atoms with Crippen LogP contribution in [0.5, 0.6) is 0 Å². The zero-order valence-electron chi connectivity index (χ0n) is 15.2. The van der Waals surface area contributed by atoms with Crippen LogP contribution in [-0.4, -0.2) is 5.78 Å². The average Bonchev–Trinajstić information content (AvgIpc) is 3.21. The van der Waals surface area contributed by atoms with E-state index in [1.165, 1.54) is 0 Å². The van der Waals surface area contributed by atoms with Crippen LogP contribution >= 0.6 is 0 Å². The first-order chi connectivity index (χ1) is 13.2. The highest BCUT2D eigenvalue weighted by Gasteiger charge is 2.29. The lowest BCUT2D eigenvalue weighted by Crippen LogP contribution is -2.09. The minimum absolute atomic E-state index is 0.0257. The maximum atomic E-state index is 13.5. The molecule has 1 fully saturated rings. The monoisotopic (exact) mass is 351 g/mol. The molecule has 3 aromatic rings. The largest absolute Gasteiger partial charge is 0.289 e. The Bertz CT molecular complexity index is 1030. The van der Waals surface area contributed by atoms with Crippen molar-refractivity contribution in [2.45, 2.75) is 25.2 Å². The molecule has 0 aliphatic heterocycles. The van der Waals surface area contributed by atoms with E-state index in [0.717, 1.165) is 41.2 Å². The van der Waals surface area contributed by atoms with Crippen molar-refractivity contribution < 1.29 is 4.79 Å². The Kier molecular flexibility index (Phi) is 4.77. The minimum atomic E-state index is 0.0257. The molecule has 0 saturated heterocycles. The summed E-state index contributed by atoms with van der Waals surface area (Å²) < 4.78 is 0. The minimum Gasteiger partial charge on any atom is -0.289 e. The molecule has 3 aromatic carbocycles. The molecule has 0 N–H and O–H groups in total. The molecule has 1 aliphatic rings. The summed E-state index contributed by atoms with van der Waals surface area (Å²) in [6, 6.07) is 21.3. The summed E-state index contributed by atoms with van der Waals surface area (Å²) in [6.45, 7) is 4.05. The standard InChI is InChI=1S/C25H21NO/c1-2-17-7-12-21(15-17)23-14-13-19-5-3-4-6-22(19)24(23)25(27)20-10-8-18(16-26)9-11-20/h3-6,8-14,17,21H,1-2,7,15H2. The number of nitriles is 1. The normalized spacial score (nSPS) is 19.1. The smallest absolute Gasteiger partial charge is 0.193 e. The van der Waals surface area contributed by atoms with Crippen LogP contribution < -0.4 is 0 Å². The number of carbonyl (C=O) groups excluding carboxylic acids is 1. The molecule has 0 amide bonds. The Morgan fingerprint density at radius 2 is 1.85 bits per heavy atom. The number of rotatable bonds is 4. The Morgan fingerprint density at radius 3 is 2.56 bits per heavy atom. The highest BCUT2D eigenvalue weighted by atomic mass is 16.1. The van der Waals surface area contributed by atoms with E-state index in [1.54, 1.807) is 24.3 Å². The number of benzene rings is 3. The topological polar surface area (TPSA) is 40.9 Å². The molecule has 1 aliphatic carbocycles. The van der Waals surface area contributed by atoms with E-state index in [4.69, 9.17) is 5.26 Å². The van der Waals surface area contributed by atoms with Crippen LogP contribution in [0.15, 0.2) is 60.7 Å². The molecular formula is C25H21NO. The molecule has 4 rings (SSSR count). The van der Waals surface area contributed by atoms with Crippen LogP contribution in [0.2, 0.25) is 0 Å². The molecular weight excluding hydrogens is 330 g/mol. The first-order valence-corrected chi connectivity index (χ1v) is 9.40. The van der Waals surface area contributed by atoms with Gasteiger partial charge in [0.1, 0.15) is 0 Å². The molecule has 2 radical (unpaired) electrons. The van der Waals surface area contributed by atoms with Crippen LogP contribution in [-0.2, 0) is 0 Å². The van der Waals surface area contributed by atoms with Crippen LogP contribution in [0.3, 0.4) is 0 Å². The van der Waals surface area contributed by atoms with Gasteiger partial charge in [-0.05, 0) is 71.7 Å². The molecule has 2 atom stereocenters. The van der Waals surface area contributed by atoms with Gasteiger partial charge in [0.2, 0.25) is 0 Å². The molecule has 0 spiro atoms. The highest BCUT2D eigenvalue weighted by molar-refractivity contribution is 6.17. The second-order valence-electron chi connectivity index (χ2n) is 7.24. The first kappa shape index (κ1) is 17.5. The fraction of sp³-hybridized carbons (Fsp3) is 0.200. The number of ketones is 1. The molecule has 2 nitrogen and oxygen atoms in total. The van der Waals surface area contributed by atoms with Crippen molar-refractivity contribution in [2.75, 3.05) is 0 Å². The van der Waals surface area contributed by atoms with Crippen LogP contribution in [0.25, 0.3) is 10.8 Å². The van der Waals surface area contributed by atoms with Crippen molar-refractivity contribution in [3.05, 3.63) is 96.3 Å². The zero-order valence-corrected chi connectivity index (χ0v) is 15.2. The molecule has 2 heteroatoms.